The largest absolute Gasteiger partial charge is 0.376 e. The highest BCUT2D eigenvalue weighted by Crippen LogP contribution is 2.33. The maximum atomic E-state index is 4.45. The molecule has 2 heterocycles. The van der Waals surface area contributed by atoms with Gasteiger partial charge in [0.05, 0.1) is 24.5 Å². The monoisotopic (exact) mass is 251 g/mol. The number of anilines is 2. The Kier molecular flexibility index (Phi) is 1.77. The number of nitrogens with one attached hydrogen (secondary N) is 1. The van der Waals surface area contributed by atoms with Crippen molar-refractivity contribution in [2.24, 2.45) is 4.99 Å². The van der Waals surface area contributed by atoms with Crippen molar-refractivity contribution in [2.75, 3.05) is 29.9 Å². The van der Waals surface area contributed by atoms with Gasteiger partial charge >= 0.3 is 0 Å². The quantitative estimate of drug-likeness (QED) is 0.765. The zero-order valence-corrected chi connectivity index (χ0v) is 9.21. The Bertz CT molecular complexity index is 414. The van der Waals surface area contributed by atoms with Gasteiger partial charge in [-0.1, -0.05) is 15.9 Å². The summed E-state index contributed by atoms with van der Waals surface area (Å²) in [6.07, 6.45) is 0. The van der Waals surface area contributed by atoms with E-state index in [1.165, 1.54) is 11.4 Å². The zero-order valence-electron chi connectivity index (χ0n) is 7.63. The van der Waals surface area contributed by atoms with Crippen molar-refractivity contribution in [1.82, 2.24) is 0 Å². The van der Waals surface area contributed by atoms with E-state index < -0.39 is 0 Å². The van der Waals surface area contributed by atoms with Crippen molar-refractivity contribution >= 4 is 33.1 Å². The van der Waals surface area contributed by atoms with Gasteiger partial charge in [0.1, 0.15) is 5.84 Å². The van der Waals surface area contributed by atoms with Gasteiger partial charge in [0.2, 0.25) is 0 Å². The molecule has 0 aromatic heterocycles. The fraction of sp³-hybridized carbons (Fsp3) is 0.300. The van der Waals surface area contributed by atoms with Gasteiger partial charge in [-0.25, -0.2) is 0 Å². The van der Waals surface area contributed by atoms with E-state index >= 15 is 0 Å². The van der Waals surface area contributed by atoms with E-state index in [4.69, 9.17) is 0 Å². The van der Waals surface area contributed by atoms with Crippen molar-refractivity contribution in [3.05, 3.63) is 22.7 Å². The van der Waals surface area contributed by atoms with Crippen LogP contribution in [0.5, 0.6) is 0 Å². The Morgan fingerprint density at radius 1 is 1.43 bits per heavy atom. The second-order valence-electron chi connectivity index (χ2n) is 3.46. The van der Waals surface area contributed by atoms with E-state index in [1.807, 2.05) is 0 Å². The van der Waals surface area contributed by atoms with Gasteiger partial charge < -0.3 is 10.2 Å². The zero-order chi connectivity index (χ0) is 9.54. The maximum absolute atomic E-state index is 4.45. The number of halogens is 1. The Morgan fingerprint density at radius 3 is 3.29 bits per heavy atom. The number of hydrogen-bond acceptors (Lipinski definition) is 3. The minimum absolute atomic E-state index is 0.856. The van der Waals surface area contributed by atoms with E-state index in [9.17, 15) is 0 Å². The molecule has 4 heteroatoms. The predicted octanol–water partition coefficient (Wildman–Crippen LogP) is 2.09. The summed E-state index contributed by atoms with van der Waals surface area (Å²) in [6, 6.07) is 6.31. The van der Waals surface area contributed by atoms with Crippen LogP contribution in [0.1, 0.15) is 0 Å². The van der Waals surface area contributed by atoms with E-state index in [-0.39, 0.29) is 0 Å². The number of fused-ring (bicyclic) bond motifs is 3. The fourth-order valence-electron chi connectivity index (χ4n) is 1.96. The lowest BCUT2D eigenvalue weighted by Gasteiger charge is -2.29. The molecule has 0 aliphatic carbocycles. The van der Waals surface area contributed by atoms with Gasteiger partial charge in [-0.05, 0) is 18.2 Å². The Labute approximate surface area is 91.0 Å². The van der Waals surface area contributed by atoms with Crippen LogP contribution in [0.25, 0.3) is 0 Å². The first-order valence-electron chi connectivity index (χ1n) is 4.69. The fourth-order valence-corrected chi connectivity index (χ4v) is 2.31. The third-order valence-corrected chi connectivity index (χ3v) is 3.11. The molecule has 1 aromatic carbocycles. The van der Waals surface area contributed by atoms with Crippen LogP contribution in [0.2, 0.25) is 0 Å². The molecule has 3 nitrogen and oxygen atoms in total. The molecule has 2 aliphatic heterocycles. The summed E-state index contributed by atoms with van der Waals surface area (Å²) in [5.74, 6) is 1.16. The molecule has 72 valence electrons. The van der Waals surface area contributed by atoms with Crippen molar-refractivity contribution in [2.45, 2.75) is 0 Å². The smallest absolute Gasteiger partial charge is 0.123 e. The van der Waals surface area contributed by atoms with E-state index in [0.29, 0.717) is 0 Å². The summed E-state index contributed by atoms with van der Waals surface area (Å²) in [6.45, 7) is 2.79. The van der Waals surface area contributed by atoms with Gasteiger partial charge in [-0.2, -0.15) is 0 Å². The number of nitrogens with zero attached hydrogens (tertiary/aromatic N) is 2. The summed E-state index contributed by atoms with van der Waals surface area (Å²) in [5.41, 5.74) is 2.44. The van der Waals surface area contributed by atoms with Crippen molar-refractivity contribution < 1.29 is 0 Å². The molecule has 0 atom stereocenters. The summed E-state index contributed by atoms with van der Waals surface area (Å²) >= 11 is 3.49. The second-order valence-corrected chi connectivity index (χ2v) is 4.38. The average Bonchev–Trinajstić information content (AvgIpc) is 2.65. The third kappa shape index (κ3) is 1.14. The van der Waals surface area contributed by atoms with Crippen LogP contribution in [0, 0.1) is 0 Å². The average molecular weight is 252 g/mol. The second kappa shape index (κ2) is 2.98. The molecule has 0 radical (unpaired) electrons. The summed E-state index contributed by atoms with van der Waals surface area (Å²) in [7, 11) is 0. The van der Waals surface area contributed by atoms with Crippen LogP contribution in [-0.2, 0) is 0 Å². The van der Waals surface area contributed by atoms with Gasteiger partial charge in [0.25, 0.3) is 0 Å². The van der Waals surface area contributed by atoms with Crippen LogP contribution in [0.15, 0.2) is 27.7 Å². The summed E-state index contributed by atoms with van der Waals surface area (Å²) < 4.78 is 1.12. The molecule has 3 rings (SSSR count). The lowest BCUT2D eigenvalue weighted by Crippen LogP contribution is -2.37. The third-order valence-electron chi connectivity index (χ3n) is 2.62. The lowest BCUT2D eigenvalue weighted by atomic mass is 10.2. The molecule has 1 aromatic rings. The lowest BCUT2D eigenvalue weighted by molar-refractivity contribution is 1.01. The maximum Gasteiger partial charge on any atom is 0.123 e. The molecule has 0 saturated heterocycles. The van der Waals surface area contributed by atoms with Gasteiger partial charge in [-0.15, -0.1) is 0 Å². The first-order chi connectivity index (χ1) is 6.84. The predicted molar refractivity (Wildman–Crippen MR) is 62.3 cm³/mol. The van der Waals surface area contributed by atoms with Crippen molar-refractivity contribution in [1.29, 1.82) is 0 Å². The topological polar surface area (TPSA) is 27.6 Å². The highest BCUT2D eigenvalue weighted by molar-refractivity contribution is 9.10. The Morgan fingerprint density at radius 2 is 2.36 bits per heavy atom. The Balaban J connectivity index is 2.13. The van der Waals surface area contributed by atoms with E-state index in [2.05, 4.69) is 49.3 Å². The highest BCUT2D eigenvalue weighted by Gasteiger charge is 2.24. The molecule has 1 N–H and O–H groups in total. The van der Waals surface area contributed by atoms with Gasteiger partial charge in [0, 0.05) is 11.0 Å². The van der Waals surface area contributed by atoms with Crippen molar-refractivity contribution in [3.8, 4) is 0 Å². The minimum Gasteiger partial charge on any atom is -0.376 e. The highest BCUT2D eigenvalue weighted by atomic mass is 79.9. The molecule has 0 amide bonds. The van der Waals surface area contributed by atoms with E-state index in [0.717, 1.165) is 29.9 Å². The number of benzene rings is 1. The number of hydrogen-bond donors (Lipinski definition) is 1. The molecule has 0 unspecified atom stereocenters. The Hall–Kier alpha value is -1.03. The first-order valence-corrected chi connectivity index (χ1v) is 5.48. The van der Waals surface area contributed by atoms with Gasteiger partial charge in [-0.3, -0.25) is 4.99 Å². The minimum atomic E-state index is 0.856. The van der Waals surface area contributed by atoms with Crippen LogP contribution >= 0.6 is 15.9 Å². The molecule has 2 aliphatic rings. The standard InChI is InChI=1S/C10H10BrN3/c11-7-1-2-8-9(5-7)14-4-3-12-10(14)6-13-8/h1-2,5,13H,3-4,6H2. The number of aliphatic imine (C=N–C) groups is 1. The summed E-state index contributed by atoms with van der Waals surface area (Å²) in [4.78, 5) is 6.74. The van der Waals surface area contributed by atoms with Crippen LogP contribution in [0.3, 0.4) is 0 Å². The number of amidine groups is 1. The molecular formula is C10H10BrN3. The summed E-state index contributed by atoms with van der Waals surface area (Å²) in [5, 5.41) is 3.37. The molecule has 0 fully saturated rings. The van der Waals surface area contributed by atoms with Crippen LogP contribution in [0.4, 0.5) is 11.4 Å². The first kappa shape index (κ1) is 8.29. The SMILES string of the molecule is Brc1ccc2c(c1)N1CCN=C1CN2. The van der Waals surface area contributed by atoms with E-state index in [1.54, 1.807) is 0 Å². The van der Waals surface area contributed by atoms with Crippen LogP contribution in [-0.4, -0.2) is 25.5 Å². The normalized spacial score (nSPS) is 18.4. The molecule has 0 saturated carbocycles. The molecule has 0 spiro atoms. The van der Waals surface area contributed by atoms with Crippen LogP contribution < -0.4 is 10.2 Å². The molecule has 14 heavy (non-hydrogen) atoms. The van der Waals surface area contributed by atoms with Gasteiger partial charge in [0.15, 0.2) is 0 Å². The molecule has 0 bridgehead atoms. The van der Waals surface area contributed by atoms with Crippen molar-refractivity contribution in [3.63, 3.8) is 0 Å². The molecular weight excluding hydrogens is 242 g/mol. The number of rotatable bonds is 0.